The van der Waals surface area contributed by atoms with Crippen molar-refractivity contribution in [2.75, 3.05) is 26.2 Å². The molecule has 1 aromatic rings. The van der Waals surface area contributed by atoms with Gasteiger partial charge in [-0.05, 0) is 31.5 Å². The minimum absolute atomic E-state index is 0.221. The number of rotatable bonds is 8. The molecule has 128 valence electrons. The standard InChI is InChI=1S/C15H24N2O.2C2H6/c1-4-7-15-14(5-2)13(12-16-15)8-9-17(6-3)10-11-18;2*1-2/h4-5,7,12,16,18H,2,6,8-11H2,1,3H3;2*1-2H3/b7-4-;;. The van der Waals surface area contributed by atoms with Gasteiger partial charge in [0.2, 0.25) is 0 Å². The van der Waals surface area contributed by atoms with E-state index in [9.17, 15) is 0 Å². The number of nitrogens with zero attached hydrogens (tertiary/aromatic N) is 1. The molecule has 0 saturated carbocycles. The average Bonchev–Trinajstić information content (AvgIpc) is 2.97. The topological polar surface area (TPSA) is 39.3 Å². The third-order valence-corrected chi connectivity index (χ3v) is 3.14. The second-order valence-electron chi connectivity index (χ2n) is 4.25. The van der Waals surface area contributed by atoms with Gasteiger partial charge in [-0.3, -0.25) is 0 Å². The fraction of sp³-hybridized carbons (Fsp3) is 0.579. The van der Waals surface area contributed by atoms with Gasteiger partial charge in [0, 0.05) is 30.5 Å². The summed E-state index contributed by atoms with van der Waals surface area (Å²) in [6.07, 6.45) is 9.02. The maximum atomic E-state index is 8.97. The minimum Gasteiger partial charge on any atom is -0.395 e. The van der Waals surface area contributed by atoms with E-state index in [1.165, 1.54) is 11.1 Å². The van der Waals surface area contributed by atoms with Crippen LogP contribution in [0.4, 0.5) is 0 Å². The second kappa shape index (κ2) is 16.1. The molecular formula is C19H36N2O. The van der Waals surface area contributed by atoms with Gasteiger partial charge in [-0.25, -0.2) is 0 Å². The van der Waals surface area contributed by atoms with Crippen LogP contribution in [0.3, 0.4) is 0 Å². The lowest BCUT2D eigenvalue weighted by Crippen LogP contribution is -2.28. The SMILES string of the molecule is C=Cc1c(CCN(CC)CCO)c[nH]c1/C=C\C.CC.CC. The van der Waals surface area contributed by atoms with Gasteiger partial charge in [0.25, 0.3) is 0 Å². The zero-order valence-corrected chi connectivity index (χ0v) is 15.4. The van der Waals surface area contributed by atoms with E-state index in [0.717, 1.165) is 31.7 Å². The van der Waals surface area contributed by atoms with E-state index < -0.39 is 0 Å². The van der Waals surface area contributed by atoms with Crippen molar-refractivity contribution in [2.24, 2.45) is 0 Å². The summed E-state index contributed by atoms with van der Waals surface area (Å²) < 4.78 is 0. The predicted octanol–water partition coefficient (Wildman–Crippen LogP) is 4.60. The molecule has 0 saturated heterocycles. The Morgan fingerprint density at radius 3 is 2.32 bits per heavy atom. The van der Waals surface area contributed by atoms with Crippen molar-refractivity contribution in [3.05, 3.63) is 35.7 Å². The average molecular weight is 309 g/mol. The number of allylic oxidation sites excluding steroid dienone is 1. The zero-order chi connectivity index (χ0) is 17.4. The van der Waals surface area contributed by atoms with Gasteiger partial charge in [0.15, 0.2) is 0 Å². The van der Waals surface area contributed by atoms with Crippen LogP contribution in [0, 0.1) is 0 Å². The number of aromatic amines is 1. The smallest absolute Gasteiger partial charge is 0.0558 e. The monoisotopic (exact) mass is 308 g/mol. The summed E-state index contributed by atoms with van der Waals surface area (Å²) in [5.74, 6) is 0. The van der Waals surface area contributed by atoms with Crippen LogP contribution >= 0.6 is 0 Å². The van der Waals surface area contributed by atoms with E-state index >= 15 is 0 Å². The van der Waals surface area contributed by atoms with Gasteiger partial charge >= 0.3 is 0 Å². The van der Waals surface area contributed by atoms with Gasteiger partial charge < -0.3 is 15.0 Å². The van der Waals surface area contributed by atoms with Crippen LogP contribution in [0.25, 0.3) is 12.2 Å². The molecule has 22 heavy (non-hydrogen) atoms. The molecule has 1 heterocycles. The summed E-state index contributed by atoms with van der Waals surface area (Å²) in [6.45, 7) is 18.9. The molecule has 0 radical (unpaired) electrons. The van der Waals surface area contributed by atoms with E-state index in [4.69, 9.17) is 5.11 Å². The van der Waals surface area contributed by atoms with E-state index in [-0.39, 0.29) is 6.61 Å². The van der Waals surface area contributed by atoms with Crippen molar-refractivity contribution in [1.82, 2.24) is 9.88 Å². The van der Waals surface area contributed by atoms with Crippen molar-refractivity contribution >= 4 is 12.2 Å². The van der Waals surface area contributed by atoms with Crippen LogP contribution in [0.2, 0.25) is 0 Å². The summed E-state index contributed by atoms with van der Waals surface area (Å²) in [5.41, 5.74) is 3.59. The van der Waals surface area contributed by atoms with Crippen LogP contribution in [0.5, 0.6) is 0 Å². The van der Waals surface area contributed by atoms with Gasteiger partial charge in [-0.2, -0.15) is 0 Å². The molecule has 0 aliphatic heterocycles. The first kappa shape index (κ1) is 23.0. The number of hydrogen-bond acceptors (Lipinski definition) is 2. The van der Waals surface area contributed by atoms with Crippen molar-refractivity contribution in [3.63, 3.8) is 0 Å². The lowest BCUT2D eigenvalue weighted by atomic mass is 10.1. The molecular weight excluding hydrogens is 272 g/mol. The Morgan fingerprint density at radius 2 is 1.86 bits per heavy atom. The molecule has 0 amide bonds. The lowest BCUT2D eigenvalue weighted by Gasteiger charge is -2.18. The molecule has 2 N–H and O–H groups in total. The Hall–Kier alpha value is -1.32. The number of aromatic nitrogens is 1. The van der Waals surface area contributed by atoms with Gasteiger partial charge in [-0.15, -0.1) is 0 Å². The van der Waals surface area contributed by atoms with Crippen molar-refractivity contribution in [2.45, 2.75) is 48.0 Å². The number of hydrogen-bond donors (Lipinski definition) is 2. The molecule has 0 unspecified atom stereocenters. The van der Waals surface area contributed by atoms with Crippen molar-refractivity contribution < 1.29 is 5.11 Å². The fourth-order valence-corrected chi connectivity index (χ4v) is 2.09. The molecule has 3 nitrogen and oxygen atoms in total. The number of H-pyrrole nitrogens is 1. The van der Waals surface area contributed by atoms with E-state index in [1.807, 2.05) is 46.8 Å². The fourth-order valence-electron chi connectivity index (χ4n) is 2.09. The van der Waals surface area contributed by atoms with Crippen LogP contribution in [-0.2, 0) is 6.42 Å². The summed E-state index contributed by atoms with van der Waals surface area (Å²) in [6, 6.07) is 0. The highest BCUT2D eigenvalue weighted by Gasteiger charge is 2.08. The maximum Gasteiger partial charge on any atom is 0.0558 e. The number of likely N-dealkylation sites (N-methyl/N-ethyl adjacent to an activating group) is 1. The first-order valence-electron chi connectivity index (χ1n) is 8.55. The zero-order valence-electron chi connectivity index (χ0n) is 15.4. The summed E-state index contributed by atoms with van der Waals surface area (Å²) in [5, 5.41) is 8.97. The third-order valence-electron chi connectivity index (χ3n) is 3.14. The maximum absolute atomic E-state index is 8.97. The normalized spacial score (nSPS) is 10.0. The van der Waals surface area contributed by atoms with Gasteiger partial charge in [0.05, 0.1) is 6.61 Å². The highest BCUT2D eigenvalue weighted by atomic mass is 16.3. The van der Waals surface area contributed by atoms with Crippen LogP contribution < -0.4 is 0 Å². The van der Waals surface area contributed by atoms with Crippen molar-refractivity contribution in [1.29, 1.82) is 0 Å². The summed E-state index contributed by atoms with van der Waals surface area (Å²) >= 11 is 0. The Kier molecular flexibility index (Phi) is 16.8. The quantitative estimate of drug-likeness (QED) is 0.736. The van der Waals surface area contributed by atoms with Gasteiger partial charge in [0.1, 0.15) is 0 Å². The van der Waals surface area contributed by atoms with E-state index in [0.29, 0.717) is 0 Å². The molecule has 0 atom stereocenters. The molecule has 0 fully saturated rings. The summed E-state index contributed by atoms with van der Waals surface area (Å²) in [4.78, 5) is 5.52. The van der Waals surface area contributed by atoms with E-state index in [2.05, 4.69) is 35.7 Å². The second-order valence-corrected chi connectivity index (χ2v) is 4.25. The van der Waals surface area contributed by atoms with Gasteiger partial charge in [-0.1, -0.05) is 53.3 Å². The Balaban J connectivity index is 0. The highest BCUT2D eigenvalue weighted by molar-refractivity contribution is 5.65. The predicted molar refractivity (Wildman–Crippen MR) is 101 cm³/mol. The highest BCUT2D eigenvalue weighted by Crippen LogP contribution is 2.18. The van der Waals surface area contributed by atoms with Crippen LogP contribution in [-0.4, -0.2) is 41.2 Å². The van der Waals surface area contributed by atoms with Crippen LogP contribution in [0.15, 0.2) is 18.9 Å². The summed E-state index contributed by atoms with van der Waals surface area (Å²) in [7, 11) is 0. The minimum atomic E-state index is 0.221. The molecule has 0 bridgehead atoms. The molecule has 0 aliphatic carbocycles. The molecule has 3 heteroatoms. The Bertz CT molecular complexity index is 394. The van der Waals surface area contributed by atoms with Crippen LogP contribution in [0.1, 0.15) is 58.4 Å². The number of nitrogens with one attached hydrogen (secondary N) is 1. The largest absolute Gasteiger partial charge is 0.395 e. The molecule has 0 aliphatic rings. The Labute approximate surface area is 137 Å². The first-order valence-corrected chi connectivity index (χ1v) is 8.55. The molecule has 0 spiro atoms. The Morgan fingerprint density at radius 1 is 1.23 bits per heavy atom. The third kappa shape index (κ3) is 8.20. The van der Waals surface area contributed by atoms with E-state index in [1.54, 1.807) is 0 Å². The molecule has 0 aromatic carbocycles. The molecule has 1 aromatic heterocycles. The molecule has 1 rings (SSSR count). The number of aliphatic hydroxyl groups is 1. The lowest BCUT2D eigenvalue weighted by molar-refractivity contribution is 0.203. The number of aliphatic hydroxyl groups excluding tert-OH is 1. The first-order chi connectivity index (χ1) is 10.8. The van der Waals surface area contributed by atoms with Crippen molar-refractivity contribution in [3.8, 4) is 0 Å².